The Hall–Kier alpha value is -1.48. The maximum atomic E-state index is 5.40. The molecule has 0 spiro atoms. The van der Waals surface area contributed by atoms with Gasteiger partial charge in [0.2, 0.25) is 0 Å². The van der Waals surface area contributed by atoms with Gasteiger partial charge in [-0.15, -0.1) is 0 Å². The van der Waals surface area contributed by atoms with Gasteiger partial charge >= 0.3 is 0 Å². The van der Waals surface area contributed by atoms with Gasteiger partial charge in [0.25, 0.3) is 0 Å². The standard InChI is InChI=1S/C17H18BrNO/c1-20-17-12-14-8-10-19(15-5-3-2-4-6-15)9-7-13(14)11-16(17)18/h2-6,11-12H,7-10H2,1H3. The number of halogens is 1. The highest BCUT2D eigenvalue weighted by molar-refractivity contribution is 9.10. The van der Waals surface area contributed by atoms with Gasteiger partial charge < -0.3 is 9.64 Å². The van der Waals surface area contributed by atoms with Crippen LogP contribution in [0.1, 0.15) is 11.1 Å². The summed E-state index contributed by atoms with van der Waals surface area (Å²) in [6, 6.07) is 15.0. The van der Waals surface area contributed by atoms with E-state index in [2.05, 4.69) is 63.3 Å². The Morgan fingerprint density at radius 1 is 1.00 bits per heavy atom. The van der Waals surface area contributed by atoms with Gasteiger partial charge in [-0.25, -0.2) is 0 Å². The lowest BCUT2D eigenvalue weighted by Crippen LogP contribution is -2.25. The van der Waals surface area contributed by atoms with E-state index in [4.69, 9.17) is 4.74 Å². The molecule has 0 saturated carbocycles. The molecule has 1 heterocycles. The average molecular weight is 332 g/mol. The Kier molecular flexibility index (Phi) is 3.97. The molecule has 2 aromatic rings. The third kappa shape index (κ3) is 2.68. The first-order chi connectivity index (χ1) is 9.78. The molecular weight excluding hydrogens is 314 g/mol. The lowest BCUT2D eigenvalue weighted by atomic mass is 10.0. The molecule has 104 valence electrons. The number of anilines is 1. The number of benzene rings is 2. The van der Waals surface area contributed by atoms with Crippen LogP contribution in [0.2, 0.25) is 0 Å². The monoisotopic (exact) mass is 331 g/mol. The van der Waals surface area contributed by atoms with Crippen LogP contribution in [-0.4, -0.2) is 20.2 Å². The largest absolute Gasteiger partial charge is 0.496 e. The molecule has 0 aromatic heterocycles. The fraction of sp³-hybridized carbons (Fsp3) is 0.294. The molecule has 3 heteroatoms. The Morgan fingerprint density at radius 2 is 1.65 bits per heavy atom. The van der Waals surface area contributed by atoms with Crippen molar-refractivity contribution in [2.24, 2.45) is 0 Å². The van der Waals surface area contributed by atoms with Crippen LogP contribution in [-0.2, 0) is 12.8 Å². The van der Waals surface area contributed by atoms with E-state index in [1.165, 1.54) is 16.8 Å². The van der Waals surface area contributed by atoms with E-state index in [1.54, 1.807) is 7.11 Å². The van der Waals surface area contributed by atoms with Crippen molar-refractivity contribution in [1.29, 1.82) is 0 Å². The number of ether oxygens (including phenoxy) is 1. The van der Waals surface area contributed by atoms with Gasteiger partial charge in [0.15, 0.2) is 0 Å². The third-order valence-electron chi connectivity index (χ3n) is 3.90. The van der Waals surface area contributed by atoms with E-state index >= 15 is 0 Å². The molecule has 0 N–H and O–H groups in total. The highest BCUT2D eigenvalue weighted by Crippen LogP contribution is 2.31. The van der Waals surface area contributed by atoms with Crippen molar-refractivity contribution in [1.82, 2.24) is 0 Å². The van der Waals surface area contributed by atoms with E-state index in [9.17, 15) is 0 Å². The van der Waals surface area contributed by atoms with Gasteiger partial charge in [0, 0.05) is 18.8 Å². The number of hydrogen-bond donors (Lipinski definition) is 0. The molecule has 20 heavy (non-hydrogen) atoms. The minimum absolute atomic E-state index is 0.928. The minimum atomic E-state index is 0.928. The summed E-state index contributed by atoms with van der Waals surface area (Å²) in [5.41, 5.74) is 4.14. The summed E-state index contributed by atoms with van der Waals surface area (Å²) < 4.78 is 6.45. The molecule has 0 amide bonds. The number of methoxy groups -OCH3 is 1. The fourth-order valence-electron chi connectivity index (χ4n) is 2.78. The molecule has 0 saturated heterocycles. The minimum Gasteiger partial charge on any atom is -0.496 e. The second kappa shape index (κ2) is 5.88. The van der Waals surface area contributed by atoms with E-state index < -0.39 is 0 Å². The van der Waals surface area contributed by atoms with Crippen LogP contribution < -0.4 is 9.64 Å². The van der Waals surface area contributed by atoms with Crippen molar-refractivity contribution < 1.29 is 4.74 Å². The number of rotatable bonds is 2. The van der Waals surface area contributed by atoms with Crippen molar-refractivity contribution in [3.8, 4) is 5.75 Å². The smallest absolute Gasteiger partial charge is 0.133 e. The van der Waals surface area contributed by atoms with E-state index in [0.717, 1.165) is 36.2 Å². The molecule has 0 aliphatic carbocycles. The Balaban J connectivity index is 1.85. The molecular formula is C17H18BrNO. The zero-order valence-corrected chi connectivity index (χ0v) is 13.2. The first-order valence-corrected chi connectivity index (χ1v) is 7.72. The summed E-state index contributed by atoms with van der Waals surface area (Å²) in [6.07, 6.45) is 2.14. The molecule has 1 aliphatic rings. The lowest BCUT2D eigenvalue weighted by Gasteiger charge is -2.22. The van der Waals surface area contributed by atoms with Crippen molar-refractivity contribution >= 4 is 21.6 Å². The predicted molar refractivity (Wildman–Crippen MR) is 86.8 cm³/mol. The summed E-state index contributed by atoms with van der Waals surface area (Å²) in [4.78, 5) is 2.46. The lowest BCUT2D eigenvalue weighted by molar-refractivity contribution is 0.411. The van der Waals surface area contributed by atoms with Crippen LogP contribution in [0.25, 0.3) is 0 Å². The van der Waals surface area contributed by atoms with Crippen LogP contribution >= 0.6 is 15.9 Å². The van der Waals surface area contributed by atoms with Crippen molar-refractivity contribution in [3.63, 3.8) is 0 Å². The van der Waals surface area contributed by atoms with Gasteiger partial charge in [-0.1, -0.05) is 18.2 Å². The summed E-state index contributed by atoms with van der Waals surface area (Å²) in [5.74, 6) is 0.928. The zero-order chi connectivity index (χ0) is 13.9. The molecule has 3 rings (SSSR count). The molecule has 1 aliphatic heterocycles. The van der Waals surface area contributed by atoms with Gasteiger partial charge in [-0.2, -0.15) is 0 Å². The molecule has 0 radical (unpaired) electrons. The van der Waals surface area contributed by atoms with Crippen LogP contribution in [0, 0.1) is 0 Å². The Morgan fingerprint density at radius 3 is 2.30 bits per heavy atom. The molecule has 0 unspecified atom stereocenters. The highest BCUT2D eigenvalue weighted by Gasteiger charge is 2.16. The first kappa shape index (κ1) is 13.5. The van der Waals surface area contributed by atoms with E-state index in [0.29, 0.717) is 0 Å². The summed E-state index contributed by atoms with van der Waals surface area (Å²) in [7, 11) is 1.72. The number of hydrogen-bond acceptors (Lipinski definition) is 2. The quantitative estimate of drug-likeness (QED) is 0.822. The van der Waals surface area contributed by atoms with Gasteiger partial charge in [0.1, 0.15) is 5.75 Å². The second-order valence-electron chi connectivity index (χ2n) is 5.08. The Labute approximate surface area is 128 Å². The fourth-order valence-corrected chi connectivity index (χ4v) is 3.33. The molecule has 0 atom stereocenters. The molecule has 2 aromatic carbocycles. The summed E-state index contributed by atoms with van der Waals surface area (Å²) >= 11 is 3.58. The van der Waals surface area contributed by atoms with Crippen molar-refractivity contribution in [3.05, 3.63) is 58.1 Å². The third-order valence-corrected chi connectivity index (χ3v) is 4.52. The van der Waals surface area contributed by atoms with E-state index in [-0.39, 0.29) is 0 Å². The van der Waals surface area contributed by atoms with Crippen molar-refractivity contribution in [2.45, 2.75) is 12.8 Å². The summed E-state index contributed by atoms with van der Waals surface area (Å²) in [5, 5.41) is 0. The van der Waals surface area contributed by atoms with Gasteiger partial charge in [-0.05, 0) is 64.2 Å². The van der Waals surface area contributed by atoms with Crippen LogP contribution in [0.15, 0.2) is 46.9 Å². The molecule has 0 bridgehead atoms. The average Bonchev–Trinajstić information content (AvgIpc) is 2.69. The van der Waals surface area contributed by atoms with Crippen molar-refractivity contribution in [2.75, 3.05) is 25.1 Å². The first-order valence-electron chi connectivity index (χ1n) is 6.93. The topological polar surface area (TPSA) is 12.5 Å². The van der Waals surface area contributed by atoms with Gasteiger partial charge in [0.05, 0.1) is 11.6 Å². The van der Waals surface area contributed by atoms with Crippen LogP contribution in [0.4, 0.5) is 5.69 Å². The summed E-state index contributed by atoms with van der Waals surface area (Å²) in [6.45, 7) is 2.12. The van der Waals surface area contributed by atoms with E-state index in [1.807, 2.05) is 0 Å². The normalized spacial score (nSPS) is 14.6. The Bertz CT molecular complexity index is 597. The number of fused-ring (bicyclic) bond motifs is 1. The maximum absolute atomic E-state index is 5.40. The molecule has 0 fully saturated rings. The number of nitrogens with zero attached hydrogens (tertiary/aromatic N) is 1. The predicted octanol–water partition coefficient (Wildman–Crippen LogP) is 4.06. The highest BCUT2D eigenvalue weighted by atomic mass is 79.9. The van der Waals surface area contributed by atoms with Crippen LogP contribution in [0.5, 0.6) is 5.75 Å². The SMILES string of the molecule is COc1cc2c(cc1Br)CCN(c1ccccc1)CC2. The number of para-hydroxylation sites is 1. The molecule has 2 nitrogen and oxygen atoms in total. The van der Waals surface area contributed by atoms with Crippen LogP contribution in [0.3, 0.4) is 0 Å². The van der Waals surface area contributed by atoms with Gasteiger partial charge in [-0.3, -0.25) is 0 Å². The second-order valence-corrected chi connectivity index (χ2v) is 5.93. The zero-order valence-electron chi connectivity index (χ0n) is 11.6. The maximum Gasteiger partial charge on any atom is 0.133 e.